The van der Waals surface area contributed by atoms with Crippen molar-refractivity contribution in [3.05, 3.63) is 11.9 Å². The number of nitrogens with zero attached hydrogens (tertiary/aromatic N) is 3. The zero-order valence-electron chi connectivity index (χ0n) is 12.3. The fourth-order valence-corrected chi connectivity index (χ4v) is 3.77. The second-order valence-corrected chi connectivity index (χ2v) is 5.83. The lowest BCUT2D eigenvalue weighted by Crippen LogP contribution is -2.45. The number of fused-ring (bicyclic) bond motifs is 2. The summed E-state index contributed by atoms with van der Waals surface area (Å²) in [6.07, 6.45) is 6.55. The minimum absolute atomic E-state index is 0.135. The van der Waals surface area contributed by atoms with Gasteiger partial charge in [0, 0.05) is 24.2 Å². The van der Waals surface area contributed by atoms with E-state index in [2.05, 4.69) is 34.0 Å². The zero-order chi connectivity index (χ0) is 14.1. The fraction of sp³-hybridized carbons (Fsp3) is 0.733. The van der Waals surface area contributed by atoms with Gasteiger partial charge in [-0.1, -0.05) is 6.92 Å². The third-order valence-electron chi connectivity index (χ3n) is 4.57. The van der Waals surface area contributed by atoms with Crippen LogP contribution in [0, 0.1) is 0 Å². The minimum atomic E-state index is -0.135. The molecule has 0 aliphatic carbocycles. The molecule has 2 N–H and O–H groups in total. The van der Waals surface area contributed by atoms with E-state index in [9.17, 15) is 5.11 Å². The molecule has 3 rings (SSSR count). The van der Waals surface area contributed by atoms with Crippen LogP contribution in [0.2, 0.25) is 0 Å². The van der Waals surface area contributed by atoms with Gasteiger partial charge in [-0.25, -0.2) is 9.97 Å². The highest BCUT2D eigenvalue weighted by atomic mass is 16.3. The Kier molecular flexibility index (Phi) is 3.78. The number of piperidine rings is 1. The largest absolute Gasteiger partial charge is 0.393 e. The van der Waals surface area contributed by atoms with Crippen LogP contribution in [0.1, 0.15) is 45.1 Å². The van der Waals surface area contributed by atoms with Gasteiger partial charge in [0.2, 0.25) is 0 Å². The van der Waals surface area contributed by atoms with Crippen LogP contribution in [-0.4, -0.2) is 39.8 Å². The van der Waals surface area contributed by atoms with Crippen LogP contribution in [0.3, 0.4) is 0 Å². The topological polar surface area (TPSA) is 61.3 Å². The van der Waals surface area contributed by atoms with Crippen LogP contribution < -0.4 is 10.2 Å². The van der Waals surface area contributed by atoms with Gasteiger partial charge >= 0.3 is 0 Å². The summed E-state index contributed by atoms with van der Waals surface area (Å²) in [5, 5.41) is 13.3. The van der Waals surface area contributed by atoms with Crippen molar-refractivity contribution in [3.8, 4) is 0 Å². The van der Waals surface area contributed by atoms with E-state index in [0.29, 0.717) is 12.1 Å². The first kappa shape index (κ1) is 13.6. The van der Waals surface area contributed by atoms with Gasteiger partial charge in [-0.3, -0.25) is 0 Å². The third kappa shape index (κ3) is 2.24. The van der Waals surface area contributed by atoms with Gasteiger partial charge in [-0.05, 0) is 39.0 Å². The van der Waals surface area contributed by atoms with Gasteiger partial charge < -0.3 is 15.3 Å². The SMILES string of the molecule is CCNc1ncnc(N2C3CCC2CC(O)C3)c1CC. The van der Waals surface area contributed by atoms with Gasteiger partial charge in [0.1, 0.15) is 18.0 Å². The lowest BCUT2D eigenvalue weighted by Gasteiger charge is -2.39. The highest BCUT2D eigenvalue weighted by Crippen LogP contribution is 2.40. The Morgan fingerprint density at radius 1 is 1.25 bits per heavy atom. The summed E-state index contributed by atoms with van der Waals surface area (Å²) in [6, 6.07) is 0.886. The van der Waals surface area contributed by atoms with Crippen molar-refractivity contribution in [2.45, 2.75) is 64.1 Å². The number of hydrogen-bond donors (Lipinski definition) is 2. The molecule has 2 aliphatic heterocycles. The summed E-state index contributed by atoms with van der Waals surface area (Å²) in [6.45, 7) is 5.11. The molecule has 5 nitrogen and oxygen atoms in total. The van der Waals surface area contributed by atoms with Crippen molar-refractivity contribution in [2.24, 2.45) is 0 Å². The van der Waals surface area contributed by atoms with Crippen LogP contribution in [-0.2, 0) is 6.42 Å². The average Bonchev–Trinajstić information content (AvgIpc) is 2.71. The summed E-state index contributed by atoms with van der Waals surface area (Å²) >= 11 is 0. The van der Waals surface area contributed by atoms with E-state index in [-0.39, 0.29) is 6.10 Å². The molecule has 0 spiro atoms. The molecule has 2 unspecified atom stereocenters. The smallest absolute Gasteiger partial charge is 0.137 e. The Hall–Kier alpha value is -1.36. The molecule has 2 fully saturated rings. The molecule has 2 saturated heterocycles. The molecule has 110 valence electrons. The molecule has 0 radical (unpaired) electrons. The molecule has 3 heterocycles. The van der Waals surface area contributed by atoms with Crippen molar-refractivity contribution in [3.63, 3.8) is 0 Å². The quantitative estimate of drug-likeness (QED) is 0.880. The third-order valence-corrected chi connectivity index (χ3v) is 4.57. The van der Waals surface area contributed by atoms with E-state index in [0.717, 1.165) is 37.4 Å². The van der Waals surface area contributed by atoms with E-state index in [1.807, 2.05) is 0 Å². The summed E-state index contributed by atoms with van der Waals surface area (Å²) < 4.78 is 0. The minimum Gasteiger partial charge on any atom is -0.393 e. The van der Waals surface area contributed by atoms with Crippen LogP contribution >= 0.6 is 0 Å². The van der Waals surface area contributed by atoms with Crippen LogP contribution in [0.4, 0.5) is 11.6 Å². The first-order valence-electron chi connectivity index (χ1n) is 7.78. The Morgan fingerprint density at radius 2 is 1.95 bits per heavy atom. The summed E-state index contributed by atoms with van der Waals surface area (Å²) in [4.78, 5) is 11.4. The number of hydrogen-bond acceptors (Lipinski definition) is 5. The van der Waals surface area contributed by atoms with Crippen LogP contribution in [0.5, 0.6) is 0 Å². The predicted octanol–water partition coefficient (Wildman–Crippen LogP) is 1.96. The number of aliphatic hydroxyl groups is 1. The Labute approximate surface area is 120 Å². The molecule has 0 amide bonds. The highest BCUT2D eigenvalue weighted by molar-refractivity contribution is 5.60. The molecule has 0 saturated carbocycles. The van der Waals surface area contributed by atoms with Crippen molar-refractivity contribution in [1.29, 1.82) is 0 Å². The summed E-state index contributed by atoms with van der Waals surface area (Å²) in [5.74, 6) is 2.04. The van der Waals surface area contributed by atoms with Gasteiger partial charge in [0.15, 0.2) is 0 Å². The van der Waals surface area contributed by atoms with Gasteiger partial charge in [0.25, 0.3) is 0 Å². The second-order valence-electron chi connectivity index (χ2n) is 5.83. The Morgan fingerprint density at radius 3 is 2.55 bits per heavy atom. The molecule has 5 heteroatoms. The summed E-state index contributed by atoms with van der Waals surface area (Å²) in [7, 11) is 0. The van der Waals surface area contributed by atoms with E-state index < -0.39 is 0 Å². The first-order chi connectivity index (χ1) is 9.74. The molecule has 2 aliphatic rings. The molecule has 0 aromatic carbocycles. The lowest BCUT2D eigenvalue weighted by molar-refractivity contribution is 0.126. The maximum Gasteiger partial charge on any atom is 0.137 e. The normalized spacial score (nSPS) is 28.8. The van der Waals surface area contributed by atoms with E-state index in [1.54, 1.807) is 6.33 Å². The van der Waals surface area contributed by atoms with E-state index in [1.165, 1.54) is 18.4 Å². The maximum absolute atomic E-state index is 9.95. The van der Waals surface area contributed by atoms with Gasteiger partial charge in [-0.2, -0.15) is 0 Å². The first-order valence-corrected chi connectivity index (χ1v) is 7.78. The summed E-state index contributed by atoms with van der Waals surface area (Å²) in [5.41, 5.74) is 1.21. The fourth-order valence-electron chi connectivity index (χ4n) is 3.77. The van der Waals surface area contributed by atoms with E-state index in [4.69, 9.17) is 0 Å². The average molecular weight is 276 g/mol. The van der Waals surface area contributed by atoms with Crippen molar-refractivity contribution in [1.82, 2.24) is 9.97 Å². The standard InChI is InChI=1S/C15H24N4O/c1-3-13-14(16-4-2)17-9-18-15(13)19-10-5-6-11(19)8-12(20)7-10/h9-12,20H,3-8H2,1-2H3,(H,16,17,18). The highest BCUT2D eigenvalue weighted by Gasteiger charge is 2.41. The molecular formula is C15H24N4O. The van der Waals surface area contributed by atoms with Crippen LogP contribution in [0.25, 0.3) is 0 Å². The Balaban J connectivity index is 1.96. The van der Waals surface area contributed by atoms with Crippen molar-refractivity contribution < 1.29 is 5.11 Å². The predicted molar refractivity (Wildman–Crippen MR) is 80.1 cm³/mol. The van der Waals surface area contributed by atoms with Crippen molar-refractivity contribution >= 4 is 11.6 Å². The lowest BCUT2D eigenvalue weighted by atomic mass is 9.99. The maximum atomic E-state index is 9.95. The van der Waals surface area contributed by atoms with Crippen molar-refractivity contribution in [2.75, 3.05) is 16.8 Å². The van der Waals surface area contributed by atoms with E-state index >= 15 is 0 Å². The number of nitrogens with one attached hydrogen (secondary N) is 1. The number of aromatic nitrogens is 2. The zero-order valence-corrected chi connectivity index (χ0v) is 12.3. The number of rotatable bonds is 4. The number of aliphatic hydroxyl groups excluding tert-OH is 1. The van der Waals surface area contributed by atoms with Gasteiger partial charge in [0.05, 0.1) is 6.10 Å². The molecular weight excluding hydrogens is 252 g/mol. The molecule has 2 atom stereocenters. The molecule has 20 heavy (non-hydrogen) atoms. The monoisotopic (exact) mass is 276 g/mol. The molecule has 2 bridgehead atoms. The number of anilines is 2. The van der Waals surface area contributed by atoms with Crippen LogP contribution in [0.15, 0.2) is 6.33 Å². The van der Waals surface area contributed by atoms with Gasteiger partial charge in [-0.15, -0.1) is 0 Å². The second kappa shape index (κ2) is 5.56. The molecule has 1 aromatic heterocycles. The molecule has 1 aromatic rings. The Bertz CT molecular complexity index is 465.